The number of aromatic nitrogens is 3. The maximum Gasteiger partial charge on any atom is 0.227 e. The Hall–Kier alpha value is -3.64. The van der Waals surface area contributed by atoms with E-state index in [1.807, 2.05) is 0 Å². The predicted octanol–water partition coefficient (Wildman–Crippen LogP) is 5.50. The van der Waals surface area contributed by atoms with Crippen molar-refractivity contribution in [1.29, 1.82) is 5.26 Å². The van der Waals surface area contributed by atoms with E-state index in [1.54, 1.807) is 12.1 Å². The Morgan fingerprint density at radius 2 is 1.91 bits per heavy atom. The van der Waals surface area contributed by atoms with E-state index in [2.05, 4.69) is 15.0 Å². The maximum atomic E-state index is 15.2. The van der Waals surface area contributed by atoms with Gasteiger partial charge < -0.3 is 9.88 Å². The molecule has 1 aliphatic heterocycles. The molecule has 2 aromatic carbocycles. The number of nitriles is 1. The van der Waals surface area contributed by atoms with E-state index in [0.29, 0.717) is 23.2 Å². The second-order valence-electron chi connectivity index (χ2n) is 7.73. The fourth-order valence-electron chi connectivity index (χ4n) is 4.30. The third-order valence-electron chi connectivity index (χ3n) is 5.87. The minimum Gasteiger partial charge on any atom is -0.356 e. The van der Waals surface area contributed by atoms with E-state index < -0.39 is 35.0 Å². The molecule has 0 spiro atoms. The monoisotopic (exact) mass is 471 g/mol. The summed E-state index contributed by atoms with van der Waals surface area (Å²) >= 11 is 5.98. The van der Waals surface area contributed by atoms with Crippen molar-refractivity contribution >= 4 is 28.5 Å². The number of nitrogens with zero attached hydrogens (tertiary/aromatic N) is 4. The number of hydrogen-bond donors (Lipinski definition) is 1. The van der Waals surface area contributed by atoms with Crippen LogP contribution in [0.2, 0.25) is 5.02 Å². The lowest BCUT2D eigenvalue weighted by Crippen LogP contribution is -2.38. The van der Waals surface area contributed by atoms with Gasteiger partial charge in [-0.15, -0.1) is 0 Å². The van der Waals surface area contributed by atoms with Crippen LogP contribution in [0.15, 0.2) is 30.5 Å². The highest BCUT2D eigenvalue weighted by Crippen LogP contribution is 2.42. The summed E-state index contributed by atoms with van der Waals surface area (Å²) in [6.45, 7) is 1.61. The van der Waals surface area contributed by atoms with Crippen molar-refractivity contribution in [2.75, 3.05) is 11.4 Å². The Labute approximate surface area is 190 Å². The van der Waals surface area contributed by atoms with Crippen LogP contribution in [0.3, 0.4) is 0 Å². The molecule has 33 heavy (non-hydrogen) atoms. The van der Waals surface area contributed by atoms with Gasteiger partial charge in [-0.3, -0.25) is 0 Å². The summed E-state index contributed by atoms with van der Waals surface area (Å²) in [5, 5.41) is 9.39. The Morgan fingerprint density at radius 3 is 2.67 bits per heavy atom. The summed E-state index contributed by atoms with van der Waals surface area (Å²) in [5.74, 6) is -3.63. The predicted molar refractivity (Wildman–Crippen MR) is 114 cm³/mol. The van der Waals surface area contributed by atoms with E-state index in [9.17, 15) is 18.4 Å². The highest BCUT2D eigenvalue weighted by molar-refractivity contribution is 6.31. The lowest BCUT2D eigenvalue weighted by Gasteiger charge is -2.36. The van der Waals surface area contributed by atoms with Crippen molar-refractivity contribution in [2.24, 2.45) is 0 Å². The van der Waals surface area contributed by atoms with Crippen LogP contribution in [-0.2, 0) is 6.42 Å². The van der Waals surface area contributed by atoms with E-state index >= 15 is 4.39 Å². The molecule has 166 valence electrons. The molecule has 1 N–H and O–H groups in total. The van der Waals surface area contributed by atoms with Gasteiger partial charge >= 0.3 is 0 Å². The molecule has 0 radical (unpaired) electrons. The number of hydrogen-bond acceptors (Lipinski definition) is 4. The summed E-state index contributed by atoms with van der Waals surface area (Å²) in [6.07, 6.45) is 1.14. The first-order valence-electron chi connectivity index (χ1n) is 9.94. The van der Waals surface area contributed by atoms with Crippen LogP contribution >= 0.6 is 11.6 Å². The number of halogens is 5. The number of aromatic amines is 1. The van der Waals surface area contributed by atoms with Crippen LogP contribution in [0, 0.1) is 41.5 Å². The number of H-pyrrole nitrogens is 1. The molecular formula is C23H14ClF4N5. The van der Waals surface area contributed by atoms with Crippen LogP contribution in [0.4, 0.5) is 23.5 Å². The van der Waals surface area contributed by atoms with Gasteiger partial charge in [0.05, 0.1) is 11.2 Å². The zero-order valence-electron chi connectivity index (χ0n) is 17.1. The fourth-order valence-corrected chi connectivity index (χ4v) is 4.46. The average molecular weight is 472 g/mol. The quantitative estimate of drug-likeness (QED) is 0.392. The van der Waals surface area contributed by atoms with Crippen molar-refractivity contribution in [3.05, 3.63) is 86.8 Å². The van der Waals surface area contributed by atoms with Crippen molar-refractivity contribution in [2.45, 2.75) is 19.4 Å². The lowest BCUT2D eigenvalue weighted by atomic mass is 9.91. The summed E-state index contributed by atoms with van der Waals surface area (Å²) in [7, 11) is 0. The number of nitrogens with one attached hydrogen (secondary N) is 1. The zero-order chi connectivity index (χ0) is 23.4. The SMILES string of the molecule is Cc1ccc(C2c3[nH]c4ccc(Cl)c(F)c4c3CCN2c2ncc(F)c(C#N)n2)c(F)c1F. The smallest absolute Gasteiger partial charge is 0.227 e. The molecule has 1 aliphatic rings. The normalized spacial score (nSPS) is 15.5. The van der Waals surface area contributed by atoms with Crippen LogP contribution in [-0.4, -0.2) is 21.5 Å². The highest BCUT2D eigenvalue weighted by Gasteiger charge is 2.36. The molecule has 0 saturated heterocycles. The van der Waals surface area contributed by atoms with Crippen LogP contribution in [0.1, 0.15) is 34.1 Å². The Balaban J connectivity index is 1.79. The molecule has 5 nitrogen and oxygen atoms in total. The zero-order valence-corrected chi connectivity index (χ0v) is 17.8. The van der Waals surface area contributed by atoms with Crippen molar-refractivity contribution in [3.8, 4) is 6.07 Å². The molecule has 0 amide bonds. The third-order valence-corrected chi connectivity index (χ3v) is 6.16. The molecule has 0 fully saturated rings. The van der Waals surface area contributed by atoms with E-state index in [4.69, 9.17) is 11.6 Å². The van der Waals surface area contributed by atoms with Gasteiger partial charge in [0.15, 0.2) is 29.0 Å². The molecule has 3 heterocycles. The molecule has 10 heteroatoms. The van der Waals surface area contributed by atoms with E-state index in [0.717, 1.165) is 6.20 Å². The van der Waals surface area contributed by atoms with Gasteiger partial charge in [0.1, 0.15) is 12.1 Å². The van der Waals surface area contributed by atoms with Gasteiger partial charge in [0, 0.05) is 28.7 Å². The van der Waals surface area contributed by atoms with Crippen molar-refractivity contribution < 1.29 is 17.6 Å². The van der Waals surface area contributed by atoms with Gasteiger partial charge in [-0.25, -0.2) is 22.5 Å². The first-order valence-corrected chi connectivity index (χ1v) is 10.3. The van der Waals surface area contributed by atoms with Crippen molar-refractivity contribution in [1.82, 2.24) is 15.0 Å². The van der Waals surface area contributed by atoms with Gasteiger partial charge in [0.2, 0.25) is 5.95 Å². The number of aryl methyl sites for hydroxylation is 1. The molecule has 1 unspecified atom stereocenters. The van der Waals surface area contributed by atoms with Gasteiger partial charge in [0.25, 0.3) is 0 Å². The molecular weight excluding hydrogens is 458 g/mol. The average Bonchev–Trinajstić information content (AvgIpc) is 3.19. The first-order chi connectivity index (χ1) is 15.8. The molecule has 0 bridgehead atoms. The van der Waals surface area contributed by atoms with Crippen LogP contribution < -0.4 is 4.90 Å². The Morgan fingerprint density at radius 1 is 1.12 bits per heavy atom. The first kappa shape index (κ1) is 21.2. The summed E-state index contributed by atoms with van der Waals surface area (Å²) in [6, 6.07) is 6.54. The second kappa shape index (κ2) is 7.74. The molecule has 0 saturated carbocycles. The van der Waals surface area contributed by atoms with Crippen LogP contribution in [0.25, 0.3) is 10.9 Å². The van der Waals surface area contributed by atoms with E-state index in [-0.39, 0.29) is 34.0 Å². The molecule has 1 atom stereocenters. The van der Waals surface area contributed by atoms with Gasteiger partial charge in [-0.05, 0) is 36.6 Å². The topological polar surface area (TPSA) is 68.6 Å². The summed E-state index contributed by atoms with van der Waals surface area (Å²) < 4.78 is 58.5. The Bertz CT molecular complexity index is 1480. The maximum absolute atomic E-state index is 15.2. The highest BCUT2D eigenvalue weighted by atomic mass is 35.5. The van der Waals surface area contributed by atoms with Gasteiger partial charge in [-0.1, -0.05) is 23.7 Å². The second-order valence-corrected chi connectivity index (χ2v) is 8.13. The number of anilines is 1. The molecule has 2 aromatic heterocycles. The molecule has 0 aliphatic carbocycles. The van der Waals surface area contributed by atoms with Crippen molar-refractivity contribution in [3.63, 3.8) is 0 Å². The number of rotatable bonds is 2. The minimum absolute atomic E-state index is 0.0384. The molecule has 4 aromatic rings. The van der Waals surface area contributed by atoms with E-state index in [1.165, 1.54) is 30.0 Å². The van der Waals surface area contributed by atoms with Crippen LogP contribution in [0.5, 0.6) is 0 Å². The fraction of sp³-hybridized carbons (Fsp3) is 0.174. The standard InChI is InChI=1S/C23H14ClF4N5/c1-10-2-3-12(19(27)18(10)26)22-21-11(17-15(31-21)5-4-13(24)20(17)28)6-7-33(22)23-30-9-14(25)16(8-29)32-23/h2-5,9,22,31H,6-7H2,1H3. The number of benzene rings is 2. The third kappa shape index (κ3) is 3.21. The number of fused-ring (bicyclic) bond motifs is 3. The Kier molecular flexibility index (Phi) is 4.98. The minimum atomic E-state index is -1.07. The molecule has 5 rings (SSSR count). The largest absolute Gasteiger partial charge is 0.356 e. The summed E-state index contributed by atoms with van der Waals surface area (Å²) in [5.41, 5.74) is 1.02. The lowest BCUT2D eigenvalue weighted by molar-refractivity contribution is 0.480. The van der Waals surface area contributed by atoms with Gasteiger partial charge in [-0.2, -0.15) is 10.2 Å². The summed E-state index contributed by atoms with van der Waals surface area (Å²) in [4.78, 5) is 12.6.